The summed E-state index contributed by atoms with van der Waals surface area (Å²) in [4.78, 5) is 4.06. The molecule has 0 radical (unpaired) electrons. The number of rotatable bonds is 3. The molecule has 2 heterocycles. The van der Waals surface area contributed by atoms with Crippen LogP contribution in [0.5, 0.6) is 0 Å². The molecule has 0 aliphatic carbocycles. The minimum atomic E-state index is 0.684. The fourth-order valence-corrected chi connectivity index (χ4v) is 2.11. The van der Waals surface area contributed by atoms with Gasteiger partial charge in [-0.25, -0.2) is 0 Å². The van der Waals surface area contributed by atoms with Gasteiger partial charge in [0.05, 0.1) is 18.4 Å². The smallest absolute Gasteiger partial charge is 0.136 e. The van der Waals surface area contributed by atoms with Gasteiger partial charge in [0.25, 0.3) is 0 Å². The number of anilines is 1. The number of aryl methyl sites for hydroxylation is 1. The normalized spacial score (nSPS) is 10.3. The number of hydrogen-bond donors (Lipinski definition) is 1. The van der Waals surface area contributed by atoms with Crippen molar-refractivity contribution >= 4 is 33.0 Å². The maximum absolute atomic E-state index is 4.06. The van der Waals surface area contributed by atoms with Crippen molar-refractivity contribution in [3.63, 3.8) is 0 Å². The number of pyridine rings is 1. The number of hydrogen-bond acceptors (Lipinski definition) is 5. The highest BCUT2D eigenvalue weighted by Gasteiger charge is 2.00. The summed E-state index contributed by atoms with van der Waals surface area (Å²) in [6.45, 7) is 2.63. The van der Waals surface area contributed by atoms with E-state index in [0.717, 1.165) is 20.2 Å². The van der Waals surface area contributed by atoms with Crippen LogP contribution in [0.2, 0.25) is 0 Å². The topological polar surface area (TPSA) is 50.7 Å². The lowest BCUT2D eigenvalue weighted by molar-refractivity contribution is 0.970. The van der Waals surface area contributed by atoms with Gasteiger partial charge in [0.2, 0.25) is 0 Å². The number of aromatic nitrogens is 3. The first-order chi connectivity index (χ1) is 7.24. The van der Waals surface area contributed by atoms with Crippen LogP contribution in [0.4, 0.5) is 5.69 Å². The Balaban J connectivity index is 1.99. The Morgan fingerprint density at radius 1 is 1.40 bits per heavy atom. The zero-order valence-corrected chi connectivity index (χ0v) is 10.5. The predicted molar refractivity (Wildman–Crippen MR) is 63.9 cm³/mol. The standard InChI is InChI=1S/C9H9BrN4S/c1-6-13-14-9(15-6)5-12-8-2-7(10)3-11-4-8/h2-4,12H,5H2,1H3. The van der Waals surface area contributed by atoms with Crippen LogP contribution in [0.25, 0.3) is 0 Å². The van der Waals surface area contributed by atoms with Gasteiger partial charge >= 0.3 is 0 Å². The first-order valence-electron chi connectivity index (χ1n) is 4.37. The third kappa shape index (κ3) is 2.97. The van der Waals surface area contributed by atoms with Gasteiger partial charge in [-0.15, -0.1) is 10.2 Å². The first-order valence-corrected chi connectivity index (χ1v) is 5.98. The monoisotopic (exact) mass is 284 g/mol. The maximum Gasteiger partial charge on any atom is 0.136 e. The van der Waals surface area contributed by atoms with Crippen LogP contribution >= 0.6 is 27.3 Å². The molecular formula is C9H9BrN4S. The number of nitrogens with zero attached hydrogens (tertiary/aromatic N) is 3. The van der Waals surface area contributed by atoms with Gasteiger partial charge in [0.15, 0.2) is 0 Å². The summed E-state index contributed by atoms with van der Waals surface area (Å²) in [6.07, 6.45) is 3.53. The molecule has 6 heteroatoms. The molecule has 0 unspecified atom stereocenters. The number of nitrogens with one attached hydrogen (secondary N) is 1. The van der Waals surface area contributed by atoms with Crippen molar-refractivity contribution < 1.29 is 0 Å². The Bertz CT molecular complexity index is 457. The average molecular weight is 285 g/mol. The van der Waals surface area contributed by atoms with E-state index in [1.807, 2.05) is 13.0 Å². The Labute approximate surface area is 99.9 Å². The van der Waals surface area contributed by atoms with Crippen LogP contribution in [0, 0.1) is 6.92 Å². The predicted octanol–water partition coefficient (Wildman–Crippen LogP) is 2.62. The highest BCUT2D eigenvalue weighted by atomic mass is 79.9. The van der Waals surface area contributed by atoms with Crippen molar-refractivity contribution in [2.45, 2.75) is 13.5 Å². The highest BCUT2D eigenvalue weighted by molar-refractivity contribution is 9.10. The minimum absolute atomic E-state index is 0.684. The Morgan fingerprint density at radius 3 is 2.93 bits per heavy atom. The van der Waals surface area contributed by atoms with Gasteiger partial charge in [-0.1, -0.05) is 11.3 Å². The van der Waals surface area contributed by atoms with Crippen molar-refractivity contribution in [3.8, 4) is 0 Å². The molecule has 15 heavy (non-hydrogen) atoms. The largest absolute Gasteiger partial charge is 0.377 e. The molecule has 1 N–H and O–H groups in total. The second kappa shape index (κ2) is 4.67. The SMILES string of the molecule is Cc1nnc(CNc2cncc(Br)c2)s1. The van der Waals surface area contributed by atoms with Crippen molar-refractivity contribution in [1.29, 1.82) is 0 Å². The van der Waals surface area contributed by atoms with Crippen molar-refractivity contribution in [1.82, 2.24) is 15.2 Å². The van der Waals surface area contributed by atoms with Gasteiger partial charge in [-0.05, 0) is 28.9 Å². The molecule has 0 bridgehead atoms. The van der Waals surface area contributed by atoms with Crippen molar-refractivity contribution in [3.05, 3.63) is 32.9 Å². The van der Waals surface area contributed by atoms with E-state index < -0.39 is 0 Å². The van der Waals surface area contributed by atoms with Crippen LogP contribution in [-0.4, -0.2) is 15.2 Å². The van der Waals surface area contributed by atoms with Crippen molar-refractivity contribution in [2.24, 2.45) is 0 Å². The van der Waals surface area contributed by atoms with Gasteiger partial charge in [0.1, 0.15) is 10.0 Å². The summed E-state index contributed by atoms with van der Waals surface area (Å²) in [5, 5.41) is 13.2. The molecule has 78 valence electrons. The molecule has 0 atom stereocenters. The van der Waals surface area contributed by atoms with E-state index in [4.69, 9.17) is 0 Å². The highest BCUT2D eigenvalue weighted by Crippen LogP contribution is 2.15. The van der Waals surface area contributed by atoms with Crippen LogP contribution < -0.4 is 5.32 Å². The van der Waals surface area contributed by atoms with Gasteiger partial charge < -0.3 is 5.32 Å². The Kier molecular flexibility index (Phi) is 3.27. The fraction of sp³-hybridized carbons (Fsp3) is 0.222. The second-order valence-corrected chi connectivity index (χ2v) is 5.14. The molecule has 0 aromatic carbocycles. The van der Waals surface area contributed by atoms with E-state index >= 15 is 0 Å². The Hall–Kier alpha value is -1.01. The fourth-order valence-electron chi connectivity index (χ4n) is 1.10. The summed E-state index contributed by atoms with van der Waals surface area (Å²) >= 11 is 4.96. The molecule has 0 aliphatic heterocycles. The molecule has 0 amide bonds. The van der Waals surface area contributed by atoms with Crippen molar-refractivity contribution in [2.75, 3.05) is 5.32 Å². The van der Waals surface area contributed by atoms with Crippen LogP contribution in [-0.2, 0) is 6.54 Å². The van der Waals surface area contributed by atoms with Gasteiger partial charge in [0, 0.05) is 10.7 Å². The lowest BCUT2D eigenvalue weighted by Crippen LogP contribution is -1.99. The van der Waals surface area contributed by atoms with E-state index in [9.17, 15) is 0 Å². The summed E-state index contributed by atoms with van der Waals surface area (Å²) in [5.74, 6) is 0. The molecular weight excluding hydrogens is 276 g/mol. The number of halogens is 1. The van der Waals surface area contributed by atoms with Crippen LogP contribution in [0.15, 0.2) is 22.9 Å². The zero-order valence-electron chi connectivity index (χ0n) is 8.07. The third-order valence-corrected chi connectivity index (χ3v) is 2.99. The summed E-state index contributed by atoms with van der Waals surface area (Å²) in [6, 6.07) is 1.97. The summed E-state index contributed by atoms with van der Waals surface area (Å²) in [5.41, 5.74) is 0.970. The molecule has 4 nitrogen and oxygen atoms in total. The summed E-state index contributed by atoms with van der Waals surface area (Å²) < 4.78 is 0.959. The lowest BCUT2D eigenvalue weighted by Gasteiger charge is -2.02. The van der Waals surface area contributed by atoms with E-state index in [1.54, 1.807) is 23.7 Å². The second-order valence-electron chi connectivity index (χ2n) is 2.96. The molecule has 2 rings (SSSR count). The third-order valence-electron chi connectivity index (χ3n) is 1.72. The van der Waals surface area contributed by atoms with E-state index in [2.05, 4.69) is 36.4 Å². The molecule has 0 fully saturated rings. The van der Waals surface area contributed by atoms with Gasteiger partial charge in [-0.3, -0.25) is 4.98 Å². The maximum atomic E-state index is 4.06. The van der Waals surface area contributed by atoms with Gasteiger partial charge in [-0.2, -0.15) is 0 Å². The molecule has 2 aromatic rings. The van der Waals surface area contributed by atoms with E-state index in [0.29, 0.717) is 6.54 Å². The summed E-state index contributed by atoms with van der Waals surface area (Å²) in [7, 11) is 0. The molecule has 0 saturated heterocycles. The Morgan fingerprint density at radius 2 is 2.27 bits per heavy atom. The van der Waals surface area contributed by atoms with Crippen LogP contribution in [0.1, 0.15) is 10.0 Å². The van der Waals surface area contributed by atoms with Crippen LogP contribution in [0.3, 0.4) is 0 Å². The zero-order chi connectivity index (χ0) is 10.7. The molecule has 0 saturated carbocycles. The first kappa shape index (κ1) is 10.5. The average Bonchev–Trinajstić information content (AvgIpc) is 2.62. The van der Waals surface area contributed by atoms with E-state index in [-0.39, 0.29) is 0 Å². The molecule has 0 aliphatic rings. The quantitative estimate of drug-likeness (QED) is 0.941. The van der Waals surface area contributed by atoms with E-state index in [1.165, 1.54) is 0 Å². The molecule has 2 aromatic heterocycles. The molecule has 0 spiro atoms. The lowest BCUT2D eigenvalue weighted by atomic mass is 10.4. The minimum Gasteiger partial charge on any atom is -0.377 e.